The number of thioether (sulfide) groups is 1. The Morgan fingerprint density at radius 2 is 1.70 bits per heavy atom. The molecule has 0 spiro atoms. The summed E-state index contributed by atoms with van der Waals surface area (Å²) in [6, 6.07) is 12.9. The Balaban J connectivity index is 1.66. The summed E-state index contributed by atoms with van der Waals surface area (Å²) in [7, 11) is 0. The van der Waals surface area contributed by atoms with Crippen LogP contribution in [0.3, 0.4) is 0 Å². The van der Waals surface area contributed by atoms with Crippen molar-refractivity contribution >= 4 is 29.4 Å². The first kappa shape index (κ1) is 20.8. The lowest BCUT2D eigenvalue weighted by Gasteiger charge is -2.10. The molecular formula is C20H24FN3O2S. The molecular weight excluding hydrogens is 365 g/mol. The second-order valence-corrected chi connectivity index (χ2v) is 7.41. The Kier molecular flexibility index (Phi) is 8.13. The van der Waals surface area contributed by atoms with Gasteiger partial charge in [-0.05, 0) is 74.6 Å². The van der Waals surface area contributed by atoms with Crippen LogP contribution in [0.25, 0.3) is 0 Å². The zero-order valence-corrected chi connectivity index (χ0v) is 16.2. The first-order valence-corrected chi connectivity index (χ1v) is 9.77. The van der Waals surface area contributed by atoms with Crippen LogP contribution in [0, 0.1) is 5.82 Å². The van der Waals surface area contributed by atoms with Crippen molar-refractivity contribution in [3.63, 3.8) is 0 Å². The smallest absolute Gasteiger partial charge is 0.319 e. The highest BCUT2D eigenvalue weighted by Crippen LogP contribution is 2.18. The van der Waals surface area contributed by atoms with Crippen molar-refractivity contribution in [3.8, 4) is 0 Å². The molecule has 0 aliphatic carbocycles. The van der Waals surface area contributed by atoms with Gasteiger partial charge in [-0.1, -0.05) is 0 Å². The molecule has 0 aliphatic heterocycles. The van der Waals surface area contributed by atoms with E-state index in [2.05, 4.69) is 16.0 Å². The van der Waals surface area contributed by atoms with Gasteiger partial charge in [0.05, 0.1) is 0 Å². The fourth-order valence-electron chi connectivity index (χ4n) is 2.22. The fraction of sp³-hybridized carbons (Fsp3) is 0.300. The zero-order chi connectivity index (χ0) is 19.6. The van der Waals surface area contributed by atoms with Crippen LogP contribution in [-0.4, -0.2) is 30.3 Å². The van der Waals surface area contributed by atoms with Gasteiger partial charge in [0.2, 0.25) is 0 Å². The van der Waals surface area contributed by atoms with Crippen LogP contribution < -0.4 is 16.0 Å². The average Bonchev–Trinajstić information content (AvgIpc) is 2.63. The maximum atomic E-state index is 12.8. The summed E-state index contributed by atoms with van der Waals surface area (Å²) in [5.74, 6) is 0.442. The molecule has 3 N–H and O–H groups in total. The van der Waals surface area contributed by atoms with E-state index in [1.807, 2.05) is 13.8 Å². The number of hydrogen-bond acceptors (Lipinski definition) is 3. The number of hydrogen-bond donors (Lipinski definition) is 3. The molecule has 2 rings (SSSR count). The molecule has 144 valence electrons. The molecule has 0 unspecified atom stereocenters. The van der Waals surface area contributed by atoms with E-state index in [-0.39, 0.29) is 23.8 Å². The van der Waals surface area contributed by atoms with Crippen LogP contribution in [0.5, 0.6) is 0 Å². The van der Waals surface area contributed by atoms with E-state index in [0.29, 0.717) is 17.8 Å². The van der Waals surface area contributed by atoms with Crippen LogP contribution in [-0.2, 0) is 0 Å². The first-order valence-electron chi connectivity index (χ1n) is 8.78. The summed E-state index contributed by atoms with van der Waals surface area (Å²) in [5, 5.41) is 8.34. The average molecular weight is 389 g/mol. The molecule has 27 heavy (non-hydrogen) atoms. The maximum Gasteiger partial charge on any atom is 0.319 e. The predicted molar refractivity (Wildman–Crippen MR) is 108 cm³/mol. The minimum absolute atomic E-state index is 0.0716. The van der Waals surface area contributed by atoms with Crippen molar-refractivity contribution in [1.29, 1.82) is 0 Å². The van der Waals surface area contributed by atoms with Gasteiger partial charge in [-0.25, -0.2) is 9.18 Å². The number of carbonyl (C=O) groups excluding carboxylic acids is 2. The third-order valence-electron chi connectivity index (χ3n) is 3.51. The van der Waals surface area contributed by atoms with Gasteiger partial charge in [0.25, 0.3) is 5.91 Å². The predicted octanol–water partition coefficient (Wildman–Crippen LogP) is 4.27. The van der Waals surface area contributed by atoms with Gasteiger partial charge in [-0.3, -0.25) is 4.79 Å². The highest BCUT2D eigenvalue weighted by Gasteiger charge is 2.07. The molecule has 0 fully saturated rings. The molecule has 0 aromatic heterocycles. The van der Waals surface area contributed by atoms with Crippen molar-refractivity contribution in [1.82, 2.24) is 10.6 Å². The molecule has 0 saturated carbocycles. The molecule has 3 amide bonds. The van der Waals surface area contributed by atoms with Crippen molar-refractivity contribution in [2.75, 3.05) is 17.6 Å². The van der Waals surface area contributed by atoms with Crippen LogP contribution in [0.15, 0.2) is 53.4 Å². The summed E-state index contributed by atoms with van der Waals surface area (Å²) in [6.07, 6.45) is 0.795. The van der Waals surface area contributed by atoms with Gasteiger partial charge in [0.15, 0.2) is 0 Å². The van der Waals surface area contributed by atoms with Gasteiger partial charge in [-0.2, -0.15) is 0 Å². The second kappa shape index (κ2) is 10.6. The minimum Gasteiger partial charge on any atom is -0.350 e. The summed E-state index contributed by atoms with van der Waals surface area (Å²) in [6.45, 7) is 4.33. The van der Waals surface area contributed by atoms with Crippen molar-refractivity contribution in [3.05, 3.63) is 59.9 Å². The quantitative estimate of drug-likeness (QED) is 0.466. The van der Waals surface area contributed by atoms with Gasteiger partial charge in [0.1, 0.15) is 5.82 Å². The Hall–Kier alpha value is -2.54. The highest BCUT2D eigenvalue weighted by molar-refractivity contribution is 7.99. The number of urea groups is 1. The summed E-state index contributed by atoms with van der Waals surface area (Å²) in [5.41, 5.74) is 1.17. The molecule has 0 atom stereocenters. The molecule has 2 aromatic rings. The van der Waals surface area contributed by atoms with Crippen molar-refractivity contribution in [2.24, 2.45) is 0 Å². The lowest BCUT2D eigenvalue weighted by Crippen LogP contribution is -2.30. The zero-order valence-electron chi connectivity index (χ0n) is 15.4. The second-order valence-electron chi connectivity index (χ2n) is 6.24. The third kappa shape index (κ3) is 7.70. The Bertz CT molecular complexity index is 749. The van der Waals surface area contributed by atoms with Crippen LogP contribution in [0.4, 0.5) is 14.9 Å². The van der Waals surface area contributed by atoms with Gasteiger partial charge in [-0.15, -0.1) is 11.8 Å². The Morgan fingerprint density at radius 1 is 1.04 bits per heavy atom. The molecule has 5 nitrogen and oxygen atoms in total. The maximum absolute atomic E-state index is 12.8. The van der Waals surface area contributed by atoms with Crippen LogP contribution in [0.1, 0.15) is 30.6 Å². The topological polar surface area (TPSA) is 70.2 Å². The first-order chi connectivity index (χ1) is 12.9. The fourth-order valence-corrected chi connectivity index (χ4v) is 3.07. The minimum atomic E-state index is -0.291. The number of benzene rings is 2. The van der Waals surface area contributed by atoms with E-state index >= 15 is 0 Å². The van der Waals surface area contributed by atoms with E-state index in [4.69, 9.17) is 0 Å². The molecule has 0 heterocycles. The van der Waals surface area contributed by atoms with Crippen molar-refractivity contribution in [2.45, 2.75) is 31.2 Å². The lowest BCUT2D eigenvalue weighted by atomic mass is 10.2. The van der Waals surface area contributed by atoms with E-state index in [9.17, 15) is 14.0 Å². The number of nitrogens with one attached hydrogen (secondary N) is 3. The number of carbonyl (C=O) groups is 2. The van der Waals surface area contributed by atoms with E-state index in [1.54, 1.807) is 48.2 Å². The number of amides is 3. The normalized spacial score (nSPS) is 10.5. The molecule has 7 heteroatoms. The van der Waals surface area contributed by atoms with Gasteiger partial charge in [0, 0.05) is 28.7 Å². The van der Waals surface area contributed by atoms with Crippen LogP contribution in [0.2, 0.25) is 0 Å². The van der Waals surface area contributed by atoms with Crippen molar-refractivity contribution < 1.29 is 14.0 Å². The molecule has 0 radical (unpaired) electrons. The van der Waals surface area contributed by atoms with Crippen LogP contribution >= 0.6 is 11.8 Å². The lowest BCUT2D eigenvalue weighted by molar-refractivity contribution is 0.0943. The van der Waals surface area contributed by atoms with E-state index in [0.717, 1.165) is 17.1 Å². The standard InChI is InChI=1S/C20H24FN3O2S/c1-14(2)23-19(25)15-4-8-17(9-5-15)24-20(26)22-12-3-13-27-18-10-6-16(21)7-11-18/h4-11,14H,3,12-13H2,1-2H3,(H,23,25)(H2,22,24,26). The SMILES string of the molecule is CC(C)NC(=O)c1ccc(NC(=O)NCCCSc2ccc(F)cc2)cc1. The number of halogens is 1. The van der Waals surface area contributed by atoms with Gasteiger partial charge >= 0.3 is 6.03 Å². The van der Waals surface area contributed by atoms with E-state index < -0.39 is 0 Å². The highest BCUT2D eigenvalue weighted by atomic mass is 32.2. The molecule has 0 aliphatic rings. The third-order valence-corrected chi connectivity index (χ3v) is 4.61. The molecule has 0 saturated heterocycles. The Morgan fingerprint density at radius 3 is 2.33 bits per heavy atom. The number of anilines is 1. The van der Waals surface area contributed by atoms with Gasteiger partial charge < -0.3 is 16.0 Å². The van der Waals surface area contributed by atoms with E-state index in [1.165, 1.54) is 12.1 Å². The largest absolute Gasteiger partial charge is 0.350 e. The summed E-state index contributed by atoms with van der Waals surface area (Å²) >= 11 is 1.62. The summed E-state index contributed by atoms with van der Waals surface area (Å²) in [4.78, 5) is 24.8. The monoisotopic (exact) mass is 389 g/mol. The molecule has 2 aromatic carbocycles. The Labute approximate surface area is 163 Å². The molecule has 0 bridgehead atoms. The number of rotatable bonds is 8. The summed E-state index contributed by atoms with van der Waals surface area (Å²) < 4.78 is 12.8.